The molecule has 0 aliphatic carbocycles. The van der Waals surface area contributed by atoms with E-state index in [-0.39, 0.29) is 18.4 Å². The van der Waals surface area contributed by atoms with Crippen molar-refractivity contribution >= 4 is 57.8 Å². The number of carbonyl (C=O) groups is 2. The van der Waals surface area contributed by atoms with Crippen LogP contribution in [-0.4, -0.2) is 43.7 Å². The van der Waals surface area contributed by atoms with E-state index in [0.717, 1.165) is 18.5 Å². The molecular formula is C18H17ClN4O2S2. The third kappa shape index (κ3) is 5.18. The number of halogens is 1. The van der Waals surface area contributed by atoms with E-state index in [1.807, 2.05) is 29.0 Å². The number of thiocarbonyl (C=S) groups is 1. The SMILES string of the molecule is O=C(CN1C(=O)C(=Cc2ccccc2Cl)SC1=S)NCCCn1ccnc1. The number of hydrogen-bond acceptors (Lipinski definition) is 5. The number of aryl methyl sites for hydroxylation is 1. The van der Waals surface area contributed by atoms with Crippen LogP contribution in [0.4, 0.5) is 0 Å². The average Bonchev–Trinajstić information content (AvgIpc) is 3.25. The zero-order chi connectivity index (χ0) is 19.2. The summed E-state index contributed by atoms with van der Waals surface area (Å²) >= 11 is 12.6. The van der Waals surface area contributed by atoms with Crippen LogP contribution in [0.15, 0.2) is 47.9 Å². The number of benzene rings is 1. The summed E-state index contributed by atoms with van der Waals surface area (Å²) < 4.78 is 2.31. The monoisotopic (exact) mass is 420 g/mol. The van der Waals surface area contributed by atoms with Gasteiger partial charge in [-0.15, -0.1) is 0 Å². The van der Waals surface area contributed by atoms with Gasteiger partial charge in [0.1, 0.15) is 10.9 Å². The summed E-state index contributed by atoms with van der Waals surface area (Å²) in [6.07, 6.45) is 7.78. The summed E-state index contributed by atoms with van der Waals surface area (Å²) in [5, 5.41) is 3.36. The molecule has 27 heavy (non-hydrogen) atoms. The van der Waals surface area contributed by atoms with Crippen molar-refractivity contribution in [2.75, 3.05) is 13.1 Å². The molecule has 0 atom stereocenters. The Balaban J connectivity index is 1.52. The quantitative estimate of drug-likeness (QED) is 0.423. The average molecular weight is 421 g/mol. The van der Waals surface area contributed by atoms with Gasteiger partial charge < -0.3 is 9.88 Å². The lowest BCUT2D eigenvalue weighted by Crippen LogP contribution is -2.39. The van der Waals surface area contributed by atoms with Crippen LogP contribution in [0.3, 0.4) is 0 Å². The number of nitrogens with one attached hydrogen (secondary N) is 1. The second-order valence-corrected chi connectivity index (χ2v) is 7.88. The molecule has 2 aromatic rings. The second-order valence-electron chi connectivity index (χ2n) is 5.79. The number of thioether (sulfide) groups is 1. The van der Waals surface area contributed by atoms with Crippen molar-refractivity contribution in [2.45, 2.75) is 13.0 Å². The zero-order valence-electron chi connectivity index (χ0n) is 14.3. The minimum atomic E-state index is -0.279. The van der Waals surface area contributed by atoms with E-state index in [2.05, 4.69) is 10.3 Å². The van der Waals surface area contributed by atoms with Gasteiger partial charge in [-0.3, -0.25) is 14.5 Å². The smallest absolute Gasteiger partial charge is 0.266 e. The Bertz CT molecular complexity index is 883. The number of nitrogens with zero attached hydrogens (tertiary/aromatic N) is 3. The molecule has 2 heterocycles. The van der Waals surface area contributed by atoms with Crippen molar-refractivity contribution in [3.8, 4) is 0 Å². The molecule has 1 aromatic heterocycles. The molecule has 1 saturated heterocycles. The molecule has 0 bridgehead atoms. The van der Waals surface area contributed by atoms with Gasteiger partial charge in [-0.25, -0.2) is 4.98 Å². The summed E-state index contributed by atoms with van der Waals surface area (Å²) in [6.45, 7) is 1.19. The molecule has 0 unspecified atom stereocenters. The van der Waals surface area contributed by atoms with Gasteiger partial charge in [-0.05, 0) is 24.1 Å². The molecule has 6 nitrogen and oxygen atoms in total. The van der Waals surface area contributed by atoms with E-state index >= 15 is 0 Å². The summed E-state index contributed by atoms with van der Waals surface area (Å²) in [6, 6.07) is 7.24. The van der Waals surface area contributed by atoms with Gasteiger partial charge in [0.05, 0.1) is 11.2 Å². The number of rotatable bonds is 7. The first-order valence-electron chi connectivity index (χ1n) is 8.27. The second kappa shape index (κ2) is 9.16. The summed E-state index contributed by atoms with van der Waals surface area (Å²) in [7, 11) is 0. The predicted molar refractivity (Wildman–Crippen MR) is 111 cm³/mol. The Morgan fingerprint density at radius 1 is 1.37 bits per heavy atom. The highest BCUT2D eigenvalue weighted by molar-refractivity contribution is 8.26. The van der Waals surface area contributed by atoms with Crippen LogP contribution < -0.4 is 5.32 Å². The Kier molecular flexibility index (Phi) is 6.65. The molecule has 0 radical (unpaired) electrons. The number of carbonyl (C=O) groups excluding carboxylic acids is 2. The highest BCUT2D eigenvalue weighted by Gasteiger charge is 2.33. The van der Waals surface area contributed by atoms with Crippen molar-refractivity contribution in [3.63, 3.8) is 0 Å². The molecule has 0 saturated carbocycles. The fourth-order valence-corrected chi connectivity index (χ4v) is 3.91. The molecule has 0 spiro atoms. The first kappa shape index (κ1) is 19.6. The molecule has 1 N–H and O–H groups in total. The van der Waals surface area contributed by atoms with Crippen LogP contribution in [0, 0.1) is 0 Å². The van der Waals surface area contributed by atoms with Gasteiger partial charge in [0.15, 0.2) is 0 Å². The molecule has 140 valence electrons. The van der Waals surface area contributed by atoms with Crippen LogP contribution in [0.25, 0.3) is 6.08 Å². The first-order chi connectivity index (χ1) is 13.0. The summed E-state index contributed by atoms with van der Waals surface area (Å²) in [5.41, 5.74) is 0.739. The lowest BCUT2D eigenvalue weighted by atomic mass is 10.2. The molecule has 9 heteroatoms. The normalized spacial score (nSPS) is 15.6. The van der Waals surface area contributed by atoms with E-state index < -0.39 is 0 Å². The highest BCUT2D eigenvalue weighted by Crippen LogP contribution is 2.33. The third-order valence-electron chi connectivity index (χ3n) is 3.84. The molecule has 1 fully saturated rings. The lowest BCUT2D eigenvalue weighted by molar-refractivity contribution is -0.128. The van der Waals surface area contributed by atoms with Crippen LogP contribution in [-0.2, 0) is 16.1 Å². The van der Waals surface area contributed by atoms with E-state index in [0.29, 0.717) is 20.8 Å². The predicted octanol–water partition coefficient (Wildman–Crippen LogP) is 2.94. The zero-order valence-corrected chi connectivity index (χ0v) is 16.7. The van der Waals surface area contributed by atoms with Gasteiger partial charge in [0.2, 0.25) is 5.91 Å². The van der Waals surface area contributed by atoms with E-state index in [4.69, 9.17) is 23.8 Å². The van der Waals surface area contributed by atoms with Crippen molar-refractivity contribution in [1.82, 2.24) is 19.8 Å². The number of imidazole rings is 1. The number of aromatic nitrogens is 2. The van der Waals surface area contributed by atoms with Crippen molar-refractivity contribution in [1.29, 1.82) is 0 Å². The topological polar surface area (TPSA) is 67.2 Å². The fourth-order valence-electron chi connectivity index (χ4n) is 2.48. The Hall–Kier alpha value is -2.16. The van der Waals surface area contributed by atoms with E-state index in [1.165, 1.54) is 16.7 Å². The third-order valence-corrected chi connectivity index (χ3v) is 5.56. The molecular weight excluding hydrogens is 404 g/mol. The lowest BCUT2D eigenvalue weighted by Gasteiger charge is -2.14. The first-order valence-corrected chi connectivity index (χ1v) is 9.87. The Morgan fingerprint density at radius 2 is 2.19 bits per heavy atom. The molecule has 1 aliphatic rings. The highest BCUT2D eigenvalue weighted by atomic mass is 35.5. The van der Waals surface area contributed by atoms with Gasteiger partial charge in [-0.2, -0.15) is 0 Å². The largest absolute Gasteiger partial charge is 0.354 e. The maximum absolute atomic E-state index is 12.6. The summed E-state index contributed by atoms with van der Waals surface area (Å²) in [5.74, 6) is -0.519. The fraction of sp³-hybridized carbons (Fsp3) is 0.222. The van der Waals surface area contributed by atoms with Crippen LogP contribution in [0.5, 0.6) is 0 Å². The maximum atomic E-state index is 12.6. The van der Waals surface area contributed by atoms with Crippen molar-refractivity contribution in [2.24, 2.45) is 0 Å². The van der Waals surface area contributed by atoms with Crippen LogP contribution in [0.1, 0.15) is 12.0 Å². The molecule has 2 amide bonds. The maximum Gasteiger partial charge on any atom is 0.266 e. The molecule has 1 aromatic carbocycles. The van der Waals surface area contributed by atoms with Crippen LogP contribution >= 0.6 is 35.6 Å². The standard InChI is InChI=1S/C18H17ClN4O2S2/c19-14-5-2-1-4-13(14)10-15-17(25)23(18(26)27-15)11-16(24)21-6-3-8-22-9-7-20-12-22/h1-2,4-5,7,9-10,12H,3,6,8,11H2,(H,21,24). The van der Waals surface area contributed by atoms with Crippen LogP contribution in [0.2, 0.25) is 5.02 Å². The van der Waals surface area contributed by atoms with Gasteiger partial charge >= 0.3 is 0 Å². The summed E-state index contributed by atoms with van der Waals surface area (Å²) in [4.78, 5) is 30.4. The number of amides is 2. The van der Waals surface area contributed by atoms with Crippen molar-refractivity contribution in [3.05, 3.63) is 58.5 Å². The Labute approximate surface area is 171 Å². The molecule has 1 aliphatic heterocycles. The Morgan fingerprint density at radius 3 is 2.93 bits per heavy atom. The minimum absolute atomic E-state index is 0.0877. The minimum Gasteiger partial charge on any atom is -0.354 e. The van der Waals surface area contributed by atoms with E-state index in [1.54, 1.807) is 24.7 Å². The van der Waals surface area contributed by atoms with Gasteiger partial charge in [0, 0.05) is 30.5 Å². The van der Waals surface area contributed by atoms with Gasteiger partial charge in [0.25, 0.3) is 5.91 Å². The molecule has 3 rings (SSSR count). The van der Waals surface area contributed by atoms with E-state index in [9.17, 15) is 9.59 Å². The van der Waals surface area contributed by atoms with Crippen molar-refractivity contribution < 1.29 is 9.59 Å². The van der Waals surface area contributed by atoms with Gasteiger partial charge in [-0.1, -0.05) is 53.8 Å². The number of hydrogen-bond donors (Lipinski definition) is 1.